The highest BCUT2D eigenvalue weighted by atomic mass is 35.5. The van der Waals surface area contributed by atoms with Crippen LogP contribution in [0.15, 0.2) is 12.1 Å². The molecule has 0 saturated carbocycles. The summed E-state index contributed by atoms with van der Waals surface area (Å²) in [7, 11) is 0. The average molecular weight is 173 g/mol. The number of nitrogen functional groups attached to an aromatic ring is 1. The highest BCUT2D eigenvalue weighted by Crippen LogP contribution is 2.22. The second-order valence-corrected chi connectivity index (χ2v) is 2.36. The van der Waals surface area contributed by atoms with Crippen LogP contribution in [0.1, 0.15) is 6.92 Å². The zero-order valence-corrected chi connectivity index (χ0v) is 6.93. The number of ether oxygens (including phenoxy) is 1. The molecular formula is C7H9ClN2O. The first-order chi connectivity index (χ1) is 5.24. The number of hydrogen-bond donors (Lipinski definition) is 1. The van der Waals surface area contributed by atoms with Crippen molar-refractivity contribution >= 4 is 17.4 Å². The minimum atomic E-state index is 0.397. The standard InChI is InChI=1S/C7H9ClN2O/c1-2-11-7-5(8)3-4-6(9)10-7/h3-4H,2H2,1H3,(H2,9,10). The minimum Gasteiger partial charge on any atom is -0.477 e. The summed E-state index contributed by atoms with van der Waals surface area (Å²) in [5.41, 5.74) is 5.41. The molecule has 4 heteroatoms. The third-order valence-corrected chi connectivity index (χ3v) is 1.40. The maximum Gasteiger partial charge on any atom is 0.234 e. The lowest BCUT2D eigenvalue weighted by atomic mass is 10.4. The van der Waals surface area contributed by atoms with Gasteiger partial charge in [0.15, 0.2) is 0 Å². The normalized spacial score (nSPS) is 9.64. The number of halogens is 1. The van der Waals surface area contributed by atoms with Gasteiger partial charge in [-0.1, -0.05) is 11.6 Å². The van der Waals surface area contributed by atoms with Gasteiger partial charge in [0.2, 0.25) is 5.88 Å². The molecule has 0 fully saturated rings. The molecule has 0 bridgehead atoms. The van der Waals surface area contributed by atoms with E-state index in [4.69, 9.17) is 22.1 Å². The van der Waals surface area contributed by atoms with Gasteiger partial charge in [0, 0.05) is 0 Å². The van der Waals surface area contributed by atoms with Gasteiger partial charge in [0.05, 0.1) is 6.61 Å². The second-order valence-electron chi connectivity index (χ2n) is 1.96. The lowest BCUT2D eigenvalue weighted by Crippen LogP contribution is -1.97. The summed E-state index contributed by atoms with van der Waals surface area (Å²) in [5.74, 6) is 0.812. The molecule has 0 radical (unpaired) electrons. The second kappa shape index (κ2) is 3.44. The fourth-order valence-electron chi connectivity index (χ4n) is 0.676. The lowest BCUT2D eigenvalue weighted by molar-refractivity contribution is 0.327. The van der Waals surface area contributed by atoms with Gasteiger partial charge >= 0.3 is 0 Å². The Balaban J connectivity index is 2.93. The van der Waals surface area contributed by atoms with Crippen molar-refractivity contribution in [2.75, 3.05) is 12.3 Å². The maximum atomic E-state index is 5.73. The summed E-state index contributed by atoms with van der Waals surface area (Å²) in [6, 6.07) is 3.29. The number of rotatable bonds is 2. The van der Waals surface area contributed by atoms with Crippen molar-refractivity contribution in [2.45, 2.75) is 6.92 Å². The van der Waals surface area contributed by atoms with Crippen LogP contribution in [0.5, 0.6) is 5.88 Å². The molecule has 0 unspecified atom stereocenters. The molecular weight excluding hydrogens is 164 g/mol. The molecule has 60 valence electrons. The molecule has 0 aromatic carbocycles. The third-order valence-electron chi connectivity index (χ3n) is 1.12. The van der Waals surface area contributed by atoms with Gasteiger partial charge in [0.1, 0.15) is 10.8 Å². The first kappa shape index (κ1) is 8.14. The van der Waals surface area contributed by atoms with E-state index in [0.29, 0.717) is 23.3 Å². The molecule has 1 heterocycles. The van der Waals surface area contributed by atoms with E-state index in [1.54, 1.807) is 12.1 Å². The fourth-order valence-corrected chi connectivity index (χ4v) is 0.836. The molecule has 0 amide bonds. The molecule has 11 heavy (non-hydrogen) atoms. The lowest BCUT2D eigenvalue weighted by Gasteiger charge is -2.03. The topological polar surface area (TPSA) is 48.1 Å². The molecule has 1 aromatic rings. The Labute approximate surface area is 70.1 Å². The third kappa shape index (κ3) is 1.98. The molecule has 0 spiro atoms. The highest BCUT2D eigenvalue weighted by Gasteiger charge is 2.01. The van der Waals surface area contributed by atoms with Crippen molar-refractivity contribution < 1.29 is 4.74 Å². The van der Waals surface area contributed by atoms with Crippen LogP contribution in [-0.2, 0) is 0 Å². The van der Waals surface area contributed by atoms with Gasteiger partial charge in [-0.3, -0.25) is 0 Å². The molecule has 2 N–H and O–H groups in total. The summed E-state index contributed by atoms with van der Waals surface area (Å²) < 4.78 is 5.09. The Morgan fingerprint density at radius 1 is 1.64 bits per heavy atom. The van der Waals surface area contributed by atoms with E-state index in [9.17, 15) is 0 Å². The van der Waals surface area contributed by atoms with Crippen molar-refractivity contribution in [3.8, 4) is 5.88 Å². The Morgan fingerprint density at radius 2 is 2.36 bits per heavy atom. The Morgan fingerprint density at radius 3 is 3.00 bits per heavy atom. The number of nitrogens with zero attached hydrogens (tertiary/aromatic N) is 1. The minimum absolute atomic E-state index is 0.397. The Hall–Kier alpha value is -0.960. The molecule has 0 saturated heterocycles. The summed E-state index contributed by atoms with van der Waals surface area (Å²) >= 11 is 5.73. The quantitative estimate of drug-likeness (QED) is 0.739. The van der Waals surface area contributed by atoms with Crippen molar-refractivity contribution in [1.82, 2.24) is 4.98 Å². The first-order valence-electron chi connectivity index (χ1n) is 3.29. The van der Waals surface area contributed by atoms with Gasteiger partial charge in [0.25, 0.3) is 0 Å². The van der Waals surface area contributed by atoms with Crippen LogP contribution in [0.25, 0.3) is 0 Å². The Bertz CT molecular complexity index is 252. The summed E-state index contributed by atoms with van der Waals surface area (Å²) in [6.07, 6.45) is 0. The van der Waals surface area contributed by atoms with E-state index < -0.39 is 0 Å². The van der Waals surface area contributed by atoms with Crippen LogP contribution in [0, 0.1) is 0 Å². The van der Waals surface area contributed by atoms with Crippen molar-refractivity contribution in [1.29, 1.82) is 0 Å². The van der Waals surface area contributed by atoms with Crippen molar-refractivity contribution in [3.63, 3.8) is 0 Å². The van der Waals surface area contributed by atoms with E-state index in [1.165, 1.54) is 0 Å². The number of pyridine rings is 1. The summed E-state index contributed by atoms with van der Waals surface area (Å²) in [5, 5.41) is 0.487. The number of nitrogens with two attached hydrogens (primary N) is 1. The summed E-state index contributed by atoms with van der Waals surface area (Å²) in [4.78, 5) is 3.89. The monoisotopic (exact) mass is 172 g/mol. The van der Waals surface area contributed by atoms with Gasteiger partial charge in [-0.25, -0.2) is 0 Å². The number of hydrogen-bond acceptors (Lipinski definition) is 3. The van der Waals surface area contributed by atoms with Crippen LogP contribution in [0.4, 0.5) is 5.82 Å². The molecule has 1 rings (SSSR count). The Kier molecular flexibility index (Phi) is 2.54. The van der Waals surface area contributed by atoms with Crippen LogP contribution >= 0.6 is 11.6 Å². The SMILES string of the molecule is CCOc1nc(N)ccc1Cl. The molecule has 0 aliphatic heterocycles. The van der Waals surface area contributed by atoms with Crippen LogP contribution in [0.2, 0.25) is 5.02 Å². The van der Waals surface area contributed by atoms with E-state index in [1.807, 2.05) is 6.92 Å². The molecule has 0 aliphatic carbocycles. The zero-order chi connectivity index (χ0) is 8.27. The predicted octanol–water partition coefficient (Wildman–Crippen LogP) is 1.72. The average Bonchev–Trinajstić information content (AvgIpc) is 1.98. The number of aromatic nitrogens is 1. The van der Waals surface area contributed by atoms with E-state index in [-0.39, 0.29) is 0 Å². The van der Waals surface area contributed by atoms with Gasteiger partial charge in [-0.15, -0.1) is 0 Å². The van der Waals surface area contributed by atoms with Crippen LogP contribution < -0.4 is 10.5 Å². The predicted molar refractivity (Wildman–Crippen MR) is 44.8 cm³/mol. The number of anilines is 1. The van der Waals surface area contributed by atoms with Gasteiger partial charge in [-0.05, 0) is 19.1 Å². The van der Waals surface area contributed by atoms with Gasteiger partial charge < -0.3 is 10.5 Å². The smallest absolute Gasteiger partial charge is 0.234 e. The maximum absolute atomic E-state index is 5.73. The molecule has 0 aliphatic rings. The van der Waals surface area contributed by atoms with Gasteiger partial charge in [-0.2, -0.15) is 4.98 Å². The molecule has 1 aromatic heterocycles. The van der Waals surface area contributed by atoms with E-state index in [0.717, 1.165) is 0 Å². The zero-order valence-electron chi connectivity index (χ0n) is 6.17. The van der Waals surface area contributed by atoms with E-state index in [2.05, 4.69) is 4.98 Å². The molecule has 0 atom stereocenters. The van der Waals surface area contributed by atoms with Crippen LogP contribution in [-0.4, -0.2) is 11.6 Å². The molecule has 3 nitrogen and oxygen atoms in total. The van der Waals surface area contributed by atoms with Crippen molar-refractivity contribution in [3.05, 3.63) is 17.2 Å². The summed E-state index contributed by atoms with van der Waals surface area (Å²) in [6.45, 7) is 2.40. The fraction of sp³-hybridized carbons (Fsp3) is 0.286. The van der Waals surface area contributed by atoms with E-state index >= 15 is 0 Å². The highest BCUT2D eigenvalue weighted by molar-refractivity contribution is 6.31. The van der Waals surface area contributed by atoms with Crippen LogP contribution in [0.3, 0.4) is 0 Å². The largest absolute Gasteiger partial charge is 0.477 e. The van der Waals surface area contributed by atoms with Crippen molar-refractivity contribution in [2.24, 2.45) is 0 Å². The first-order valence-corrected chi connectivity index (χ1v) is 3.66.